The molecule has 0 saturated carbocycles. The molecule has 0 aliphatic carbocycles. The predicted octanol–water partition coefficient (Wildman–Crippen LogP) is 2.47. The summed E-state index contributed by atoms with van der Waals surface area (Å²) in [5.74, 6) is -0.571. The number of hydroxylamine groups is 2. The summed E-state index contributed by atoms with van der Waals surface area (Å²) in [6, 6.07) is 4.63. The van der Waals surface area contributed by atoms with Crippen LogP contribution in [-0.2, 0) is 10.9 Å². The van der Waals surface area contributed by atoms with Crippen LogP contribution >= 0.6 is 11.3 Å². The number of aromatic nitrogens is 2. The van der Waals surface area contributed by atoms with E-state index in [0.29, 0.717) is 0 Å². The Morgan fingerprint density at radius 1 is 1.28 bits per heavy atom. The van der Waals surface area contributed by atoms with Gasteiger partial charge < -0.3 is 19.4 Å². The van der Waals surface area contributed by atoms with Crippen LogP contribution in [0.25, 0.3) is 0 Å². The number of ether oxygens (including phenoxy) is 3. The van der Waals surface area contributed by atoms with Gasteiger partial charge in [-0.05, 0) is 30.5 Å². The average molecular weight is 434 g/mol. The molecule has 0 radical (unpaired) electrons. The number of carbonyl (C=O) groups is 1. The quantitative estimate of drug-likeness (QED) is 0.402. The molecule has 0 amide bonds. The molecule has 1 fully saturated rings. The van der Waals surface area contributed by atoms with Gasteiger partial charge in [-0.3, -0.25) is 4.65 Å². The van der Waals surface area contributed by atoms with Gasteiger partial charge in [0.05, 0.1) is 20.8 Å². The highest BCUT2D eigenvalue weighted by atomic mass is 32.1. The lowest BCUT2D eigenvalue weighted by Crippen LogP contribution is -2.50. The van der Waals surface area contributed by atoms with E-state index < -0.39 is 33.2 Å². The van der Waals surface area contributed by atoms with Crippen molar-refractivity contribution in [2.45, 2.75) is 12.4 Å². The number of rotatable bonds is 5. The summed E-state index contributed by atoms with van der Waals surface area (Å²) in [7, 11) is 4.28. The molecule has 13 heteroatoms. The van der Waals surface area contributed by atoms with Crippen molar-refractivity contribution in [1.29, 1.82) is 0 Å². The maximum absolute atomic E-state index is 13.4. The Morgan fingerprint density at radius 2 is 1.90 bits per heavy atom. The summed E-state index contributed by atoms with van der Waals surface area (Å²) in [6.45, 7) is -0.263. The van der Waals surface area contributed by atoms with Gasteiger partial charge in [0.2, 0.25) is 5.01 Å². The first-order valence-corrected chi connectivity index (χ1v) is 9.02. The van der Waals surface area contributed by atoms with E-state index in [1.807, 2.05) is 0 Å². The van der Waals surface area contributed by atoms with Gasteiger partial charge in [-0.2, -0.15) is 13.2 Å². The van der Waals surface area contributed by atoms with E-state index in [1.165, 1.54) is 31.3 Å². The van der Waals surface area contributed by atoms with E-state index in [4.69, 9.17) is 14.2 Å². The van der Waals surface area contributed by atoms with Crippen LogP contribution in [0.15, 0.2) is 18.2 Å². The molecular formula is C16H17F3N4O5S. The monoisotopic (exact) mass is 434 g/mol. The van der Waals surface area contributed by atoms with Crippen LogP contribution in [0.5, 0.6) is 11.5 Å². The van der Waals surface area contributed by atoms with E-state index in [0.717, 1.165) is 0 Å². The first-order valence-electron chi connectivity index (χ1n) is 8.20. The number of alkyl halides is 3. The summed E-state index contributed by atoms with van der Waals surface area (Å²) >= 11 is 0.125. The number of hydrogen-bond donors (Lipinski definition) is 0. The summed E-state index contributed by atoms with van der Waals surface area (Å²) in [6.07, 6.45) is -6.08. The lowest BCUT2D eigenvalue weighted by molar-refractivity contribution is -0.138. The first kappa shape index (κ1) is 21.2. The molecule has 1 aromatic heterocycles. The normalized spacial score (nSPS) is 22.5. The number of benzene rings is 1. The molecule has 1 saturated heterocycles. The molecule has 0 bridgehead atoms. The molecule has 0 spiro atoms. The van der Waals surface area contributed by atoms with Gasteiger partial charge in [0.15, 0.2) is 0 Å². The smallest absolute Gasteiger partial charge is 0.445 e. The van der Waals surface area contributed by atoms with E-state index in [2.05, 4.69) is 10.2 Å². The van der Waals surface area contributed by atoms with Crippen LogP contribution in [-0.4, -0.2) is 61.8 Å². The van der Waals surface area contributed by atoms with E-state index in [9.17, 15) is 23.2 Å². The molecule has 0 N–H and O–H groups in total. The number of esters is 1. The van der Waals surface area contributed by atoms with Crippen molar-refractivity contribution >= 4 is 22.4 Å². The van der Waals surface area contributed by atoms with E-state index in [1.54, 1.807) is 13.1 Å². The highest BCUT2D eigenvalue weighted by Crippen LogP contribution is 2.40. The Hall–Kier alpha value is -2.48. The Balaban J connectivity index is 1.92. The van der Waals surface area contributed by atoms with Gasteiger partial charge in [-0.25, -0.2) is 9.69 Å². The Morgan fingerprint density at radius 3 is 2.41 bits per heavy atom. The SMILES string of the molecule is COc1cccc(OC)c1C(=O)OC1CN(C)C[N+]1([O-])c1nnc(C(F)(F)F)s1. The third kappa shape index (κ3) is 3.99. The molecule has 1 aromatic carbocycles. The number of carbonyl (C=O) groups excluding carboxylic acids is 1. The molecule has 3 rings (SSSR count). The van der Waals surface area contributed by atoms with Crippen LogP contribution in [0.2, 0.25) is 0 Å². The Labute approximate surface area is 167 Å². The molecule has 2 heterocycles. The standard InChI is InChI=1S/C16H17F3N4O5S/c1-22-7-11(23(25,8-22)15-21-20-14(29-15)16(17,18)19)28-13(24)12-9(26-2)5-4-6-10(12)27-3/h4-6,11H,7-8H2,1-3H3. The minimum absolute atomic E-state index is 0.00631. The van der Waals surface area contributed by atoms with Crippen LogP contribution in [0.4, 0.5) is 18.3 Å². The van der Waals surface area contributed by atoms with Gasteiger partial charge in [0.25, 0.3) is 6.23 Å². The van der Waals surface area contributed by atoms with Crippen LogP contribution in [0, 0.1) is 5.21 Å². The third-order valence-electron chi connectivity index (χ3n) is 4.24. The van der Waals surface area contributed by atoms with Gasteiger partial charge in [0, 0.05) is 0 Å². The largest absolute Gasteiger partial charge is 0.622 e. The number of halogens is 3. The van der Waals surface area contributed by atoms with Crippen molar-refractivity contribution in [2.75, 3.05) is 34.5 Å². The first-order chi connectivity index (χ1) is 13.6. The topological polar surface area (TPSA) is 96.8 Å². The second-order valence-electron chi connectivity index (χ2n) is 6.26. The van der Waals surface area contributed by atoms with E-state index in [-0.39, 0.29) is 41.6 Å². The number of nitrogens with zero attached hydrogens (tertiary/aromatic N) is 4. The second-order valence-corrected chi connectivity index (χ2v) is 7.22. The zero-order chi connectivity index (χ0) is 21.4. The van der Waals surface area contributed by atoms with Crippen molar-refractivity contribution in [3.63, 3.8) is 0 Å². The number of methoxy groups -OCH3 is 2. The fourth-order valence-corrected chi connectivity index (χ4v) is 3.71. The molecule has 2 unspecified atom stereocenters. The molecule has 9 nitrogen and oxygen atoms in total. The molecule has 2 aromatic rings. The zero-order valence-corrected chi connectivity index (χ0v) is 16.4. The lowest BCUT2D eigenvalue weighted by Gasteiger charge is -2.38. The summed E-state index contributed by atoms with van der Waals surface area (Å²) in [4.78, 5) is 14.3. The maximum Gasteiger partial charge on any atom is 0.445 e. The minimum atomic E-state index is -4.72. The van der Waals surface area contributed by atoms with Gasteiger partial charge in [0.1, 0.15) is 23.7 Å². The summed E-state index contributed by atoms with van der Waals surface area (Å²) < 4.78 is 52.9. The van der Waals surface area contributed by atoms with Crippen molar-refractivity contribution < 1.29 is 32.2 Å². The van der Waals surface area contributed by atoms with Crippen molar-refractivity contribution in [3.05, 3.63) is 34.0 Å². The Bertz CT molecular complexity index is 887. The summed E-state index contributed by atoms with van der Waals surface area (Å²) in [5, 5.41) is 18.1. The van der Waals surface area contributed by atoms with Gasteiger partial charge >= 0.3 is 17.3 Å². The van der Waals surface area contributed by atoms with Gasteiger partial charge in [-0.1, -0.05) is 11.2 Å². The highest BCUT2D eigenvalue weighted by molar-refractivity contribution is 7.15. The van der Waals surface area contributed by atoms with Crippen molar-refractivity contribution in [1.82, 2.24) is 19.7 Å². The van der Waals surface area contributed by atoms with Gasteiger partial charge in [-0.15, -0.1) is 5.10 Å². The lowest BCUT2D eigenvalue weighted by atomic mass is 10.2. The fourth-order valence-electron chi connectivity index (χ4n) is 2.93. The summed E-state index contributed by atoms with van der Waals surface area (Å²) in [5.41, 5.74) is -0.0353. The van der Waals surface area contributed by atoms with Crippen LogP contribution in [0.1, 0.15) is 15.4 Å². The molecule has 1 aliphatic heterocycles. The maximum atomic E-state index is 13.4. The number of quaternary nitrogens is 1. The fraction of sp³-hybridized carbons (Fsp3) is 0.438. The molecule has 29 heavy (non-hydrogen) atoms. The second kappa shape index (κ2) is 7.74. The molecule has 158 valence electrons. The van der Waals surface area contributed by atoms with E-state index >= 15 is 0 Å². The number of likely N-dealkylation sites (N-methyl/N-ethyl adjacent to an activating group) is 1. The van der Waals surface area contributed by atoms with Crippen LogP contribution in [0.3, 0.4) is 0 Å². The Kier molecular flexibility index (Phi) is 5.67. The van der Waals surface area contributed by atoms with Crippen LogP contribution < -0.4 is 14.1 Å². The molecule has 2 atom stereocenters. The molecular weight excluding hydrogens is 417 g/mol. The highest BCUT2D eigenvalue weighted by Gasteiger charge is 2.47. The minimum Gasteiger partial charge on any atom is -0.622 e. The average Bonchev–Trinajstić information content (AvgIpc) is 3.27. The van der Waals surface area contributed by atoms with Crippen molar-refractivity contribution in [2.24, 2.45) is 0 Å². The zero-order valence-electron chi connectivity index (χ0n) is 15.6. The molecule has 1 aliphatic rings. The third-order valence-corrected chi connectivity index (χ3v) is 5.32. The predicted molar refractivity (Wildman–Crippen MR) is 96.3 cm³/mol. The number of hydrogen-bond acceptors (Lipinski definition) is 9. The van der Waals surface area contributed by atoms with Crippen molar-refractivity contribution in [3.8, 4) is 11.5 Å².